The minimum absolute atomic E-state index is 0.0428. The van der Waals surface area contributed by atoms with Gasteiger partial charge in [-0.1, -0.05) is 16.8 Å². The molecule has 0 radical (unpaired) electrons. The lowest BCUT2D eigenvalue weighted by atomic mass is 10.2. The van der Waals surface area contributed by atoms with Crippen molar-refractivity contribution in [1.82, 2.24) is 20.3 Å². The predicted octanol–water partition coefficient (Wildman–Crippen LogP) is 0.691. The molecule has 11 heteroatoms. The second-order valence-electron chi connectivity index (χ2n) is 5.60. The molecular weight excluding hydrogens is 369 g/mol. The predicted molar refractivity (Wildman–Crippen MR) is 87.3 cm³/mol. The van der Waals surface area contributed by atoms with Gasteiger partial charge in [0.25, 0.3) is 0 Å². The number of carbonyl (C=O) groups excluding carboxylic acids is 2. The van der Waals surface area contributed by atoms with Crippen LogP contribution in [0, 0.1) is 5.82 Å². The number of benzene rings is 1. The molecule has 1 aliphatic rings. The van der Waals surface area contributed by atoms with E-state index in [2.05, 4.69) is 15.6 Å². The summed E-state index contributed by atoms with van der Waals surface area (Å²) in [5, 5.41) is 18.2. The van der Waals surface area contributed by atoms with E-state index in [0.717, 1.165) is 16.9 Å². The molecule has 2 N–H and O–H groups in total. The number of nitrogens with one attached hydrogen (secondary N) is 1. The molecule has 1 unspecified atom stereocenters. The Balaban J connectivity index is 1.61. The van der Waals surface area contributed by atoms with Crippen LogP contribution in [0.2, 0.25) is 5.02 Å². The Morgan fingerprint density at radius 1 is 1.42 bits per heavy atom. The van der Waals surface area contributed by atoms with Gasteiger partial charge in [-0.3, -0.25) is 9.59 Å². The highest BCUT2D eigenvalue weighted by Gasteiger charge is 2.34. The fourth-order valence-corrected chi connectivity index (χ4v) is 2.70. The molecule has 2 amide bonds. The SMILES string of the molecule is O=C(Cn1cc(C(=O)O)nn1)NC1CCN(c2ccc(Cl)c(F)c2)C1=O. The number of halogens is 2. The van der Waals surface area contributed by atoms with Gasteiger partial charge in [-0.05, 0) is 24.6 Å². The van der Waals surface area contributed by atoms with Gasteiger partial charge >= 0.3 is 5.97 Å². The van der Waals surface area contributed by atoms with Gasteiger partial charge in [0.1, 0.15) is 18.4 Å². The summed E-state index contributed by atoms with van der Waals surface area (Å²) in [5.74, 6) is -2.78. The first kappa shape index (κ1) is 17.8. The molecule has 0 aliphatic carbocycles. The van der Waals surface area contributed by atoms with Crippen LogP contribution < -0.4 is 10.2 Å². The summed E-state index contributed by atoms with van der Waals surface area (Å²) in [6.45, 7) is 0.0387. The summed E-state index contributed by atoms with van der Waals surface area (Å²) in [5.41, 5.74) is 0.0710. The highest BCUT2D eigenvalue weighted by atomic mass is 35.5. The summed E-state index contributed by atoms with van der Waals surface area (Å²) in [4.78, 5) is 36.6. The van der Waals surface area contributed by atoms with Crippen LogP contribution in [0.5, 0.6) is 0 Å². The van der Waals surface area contributed by atoms with Crippen molar-refractivity contribution >= 4 is 35.1 Å². The van der Waals surface area contributed by atoms with Crippen molar-refractivity contribution < 1.29 is 23.9 Å². The first-order valence-corrected chi connectivity index (χ1v) is 7.92. The van der Waals surface area contributed by atoms with Crippen molar-refractivity contribution in [2.75, 3.05) is 11.4 Å². The highest BCUT2D eigenvalue weighted by Crippen LogP contribution is 2.25. The summed E-state index contributed by atoms with van der Waals surface area (Å²) in [7, 11) is 0. The maximum absolute atomic E-state index is 13.6. The number of aromatic nitrogens is 3. The molecule has 1 atom stereocenters. The Bertz CT molecular complexity index is 887. The Labute approximate surface area is 151 Å². The van der Waals surface area contributed by atoms with E-state index in [4.69, 9.17) is 16.7 Å². The number of aromatic carboxylic acids is 1. The molecule has 0 saturated carbocycles. The molecule has 1 saturated heterocycles. The minimum atomic E-state index is -1.26. The average Bonchev–Trinajstić information content (AvgIpc) is 3.18. The lowest BCUT2D eigenvalue weighted by molar-refractivity contribution is -0.127. The molecule has 0 bridgehead atoms. The van der Waals surface area contributed by atoms with Gasteiger partial charge in [0.05, 0.1) is 11.2 Å². The van der Waals surface area contributed by atoms with E-state index in [-0.39, 0.29) is 23.2 Å². The van der Waals surface area contributed by atoms with E-state index in [1.165, 1.54) is 17.0 Å². The van der Waals surface area contributed by atoms with Gasteiger partial charge in [0.15, 0.2) is 5.69 Å². The normalized spacial score (nSPS) is 16.8. The molecule has 9 nitrogen and oxygen atoms in total. The largest absolute Gasteiger partial charge is 0.476 e. The lowest BCUT2D eigenvalue weighted by Crippen LogP contribution is -2.42. The molecule has 3 rings (SSSR count). The van der Waals surface area contributed by atoms with Crippen molar-refractivity contribution in [3.8, 4) is 0 Å². The van der Waals surface area contributed by atoms with Crippen LogP contribution in [0.4, 0.5) is 10.1 Å². The van der Waals surface area contributed by atoms with Crippen LogP contribution in [0.3, 0.4) is 0 Å². The number of carboxylic acids is 1. The number of carbonyl (C=O) groups is 3. The standard InChI is InChI=1S/C15H13ClFN5O4/c16-9-2-1-8(5-10(9)17)22-4-3-11(14(22)24)18-13(23)7-21-6-12(15(25)26)19-20-21/h1-2,5-6,11H,3-4,7H2,(H,18,23)(H,25,26). The number of nitrogens with zero attached hydrogens (tertiary/aromatic N) is 4. The molecule has 1 aromatic carbocycles. The summed E-state index contributed by atoms with van der Waals surface area (Å²) in [6.07, 6.45) is 1.47. The Morgan fingerprint density at radius 3 is 2.85 bits per heavy atom. The molecule has 0 spiro atoms. The summed E-state index contributed by atoms with van der Waals surface area (Å²) in [6, 6.07) is 3.28. The molecular formula is C15H13ClFN5O4. The first-order chi connectivity index (χ1) is 12.3. The van der Waals surface area contributed by atoms with Crippen LogP contribution in [0.25, 0.3) is 0 Å². The number of carboxylic acid groups (broad SMARTS) is 1. The zero-order valence-electron chi connectivity index (χ0n) is 13.2. The van der Waals surface area contributed by atoms with Crippen LogP contribution >= 0.6 is 11.6 Å². The molecule has 2 aromatic rings. The molecule has 1 aliphatic heterocycles. The van der Waals surface area contributed by atoms with Crippen LogP contribution in [-0.4, -0.2) is 50.5 Å². The Hall–Kier alpha value is -3.01. The van der Waals surface area contributed by atoms with Crippen molar-refractivity contribution in [2.45, 2.75) is 19.0 Å². The molecule has 26 heavy (non-hydrogen) atoms. The number of amides is 2. The van der Waals surface area contributed by atoms with Crippen LogP contribution in [0.15, 0.2) is 24.4 Å². The van der Waals surface area contributed by atoms with Gasteiger partial charge in [-0.2, -0.15) is 0 Å². The fraction of sp³-hybridized carbons (Fsp3) is 0.267. The Kier molecular flexibility index (Phi) is 4.85. The van der Waals surface area contributed by atoms with Crippen molar-refractivity contribution in [3.63, 3.8) is 0 Å². The third-order valence-corrected chi connectivity index (χ3v) is 4.13. The first-order valence-electron chi connectivity index (χ1n) is 7.54. The third-order valence-electron chi connectivity index (χ3n) is 3.82. The zero-order chi connectivity index (χ0) is 18.8. The van der Waals surface area contributed by atoms with Crippen molar-refractivity contribution in [3.05, 3.63) is 40.9 Å². The fourth-order valence-electron chi connectivity index (χ4n) is 2.58. The van der Waals surface area contributed by atoms with Gasteiger partial charge in [0, 0.05) is 12.2 Å². The zero-order valence-corrected chi connectivity index (χ0v) is 14.0. The van der Waals surface area contributed by atoms with Crippen LogP contribution in [-0.2, 0) is 16.1 Å². The Morgan fingerprint density at radius 2 is 2.19 bits per heavy atom. The van der Waals surface area contributed by atoms with E-state index < -0.39 is 23.7 Å². The number of hydrogen-bond acceptors (Lipinski definition) is 5. The number of hydrogen-bond donors (Lipinski definition) is 2. The van der Waals surface area contributed by atoms with E-state index in [1.807, 2.05) is 0 Å². The topological polar surface area (TPSA) is 117 Å². The second-order valence-corrected chi connectivity index (χ2v) is 6.01. The molecule has 1 aromatic heterocycles. The molecule has 1 fully saturated rings. The number of anilines is 1. The molecule has 136 valence electrons. The quantitative estimate of drug-likeness (QED) is 0.786. The summed E-state index contributed by atoms with van der Waals surface area (Å²) >= 11 is 5.63. The summed E-state index contributed by atoms with van der Waals surface area (Å²) < 4.78 is 14.6. The minimum Gasteiger partial charge on any atom is -0.476 e. The lowest BCUT2D eigenvalue weighted by Gasteiger charge is -2.17. The average molecular weight is 382 g/mol. The van der Waals surface area contributed by atoms with E-state index in [9.17, 15) is 18.8 Å². The number of rotatable bonds is 5. The van der Waals surface area contributed by atoms with Gasteiger partial charge < -0.3 is 15.3 Å². The van der Waals surface area contributed by atoms with Crippen molar-refractivity contribution in [2.24, 2.45) is 0 Å². The van der Waals surface area contributed by atoms with E-state index in [0.29, 0.717) is 18.7 Å². The van der Waals surface area contributed by atoms with E-state index in [1.54, 1.807) is 0 Å². The maximum Gasteiger partial charge on any atom is 0.358 e. The third kappa shape index (κ3) is 3.64. The second kappa shape index (κ2) is 7.08. The van der Waals surface area contributed by atoms with E-state index >= 15 is 0 Å². The van der Waals surface area contributed by atoms with Gasteiger partial charge in [-0.15, -0.1) is 5.10 Å². The highest BCUT2D eigenvalue weighted by molar-refractivity contribution is 6.30. The molecule has 2 heterocycles. The maximum atomic E-state index is 13.6. The smallest absolute Gasteiger partial charge is 0.358 e. The van der Waals surface area contributed by atoms with Gasteiger partial charge in [0.2, 0.25) is 11.8 Å². The van der Waals surface area contributed by atoms with Crippen molar-refractivity contribution in [1.29, 1.82) is 0 Å². The van der Waals surface area contributed by atoms with Crippen LogP contribution in [0.1, 0.15) is 16.9 Å². The van der Waals surface area contributed by atoms with Gasteiger partial charge in [-0.25, -0.2) is 13.9 Å². The monoisotopic (exact) mass is 381 g/mol.